The minimum absolute atomic E-state index is 0.715. The van der Waals surface area contributed by atoms with Crippen LogP contribution in [0.1, 0.15) is 0 Å². The molecule has 0 aromatic carbocycles. The van der Waals surface area contributed by atoms with Crippen LogP contribution in [0, 0.1) is 0 Å². The topological polar surface area (TPSA) is 109 Å². The van der Waals surface area contributed by atoms with Gasteiger partial charge in [0.25, 0.3) is 20.2 Å². The van der Waals surface area contributed by atoms with Crippen molar-refractivity contribution in [1.29, 1.82) is 0 Å². The van der Waals surface area contributed by atoms with Crippen molar-refractivity contribution in [2.45, 2.75) is 0 Å². The summed E-state index contributed by atoms with van der Waals surface area (Å²) in [5, 5.41) is 0. The van der Waals surface area contributed by atoms with Crippen LogP contribution in [0.3, 0.4) is 0 Å². The molecule has 0 spiro atoms. The lowest BCUT2D eigenvalue weighted by atomic mass is 12.0. The molecule has 0 heterocycles. The molecule has 8 heteroatoms. The Labute approximate surface area is 59.4 Å². The minimum atomic E-state index is -3.67. The van der Waals surface area contributed by atoms with Crippen LogP contribution in [0.2, 0.25) is 0 Å². The molecule has 0 aliphatic rings. The smallest absolute Gasteiger partial charge is 0.261 e. The van der Waals surface area contributed by atoms with Gasteiger partial charge in [0.1, 0.15) is 0 Å². The maximum Gasteiger partial charge on any atom is 0.261 e. The molecule has 0 radical (unpaired) electrons. The molecule has 0 saturated heterocycles. The van der Waals surface area contributed by atoms with Gasteiger partial charge in [0.15, 0.2) is 0 Å². The Morgan fingerprint density at radius 1 is 0.800 bits per heavy atom. The monoisotopic (exact) mass is 192 g/mol. The van der Waals surface area contributed by atoms with E-state index in [1.165, 1.54) is 0 Å². The van der Waals surface area contributed by atoms with Crippen LogP contribution in [0.15, 0.2) is 0 Å². The van der Waals surface area contributed by atoms with Crippen molar-refractivity contribution in [1.82, 2.24) is 0 Å². The quantitative estimate of drug-likeness (QED) is 0.477. The van der Waals surface area contributed by atoms with E-state index in [4.69, 9.17) is 9.11 Å². The lowest BCUT2D eigenvalue weighted by Gasteiger charge is -1.69. The summed E-state index contributed by atoms with van der Waals surface area (Å²) in [6.07, 6.45) is 1.43. The fourth-order valence-corrected chi connectivity index (χ4v) is 0. The molecule has 64 valence electrons. The molecule has 2 N–H and O–H groups in total. The third-order valence-electron chi connectivity index (χ3n) is 0. The predicted octanol–water partition coefficient (Wildman–Crippen LogP) is -0.992. The summed E-state index contributed by atoms with van der Waals surface area (Å²) in [5.74, 6) is 0. The van der Waals surface area contributed by atoms with Crippen molar-refractivity contribution >= 4 is 20.2 Å². The van der Waals surface area contributed by atoms with Crippen LogP contribution in [0.4, 0.5) is 0 Å². The SMILES string of the molecule is CS(=O)(=O)O.CS(=O)(=O)O. The van der Waals surface area contributed by atoms with E-state index >= 15 is 0 Å². The maximum absolute atomic E-state index is 9.19. The summed E-state index contributed by atoms with van der Waals surface area (Å²) in [6, 6.07) is 0. The number of rotatable bonds is 0. The zero-order chi connectivity index (χ0) is 9.00. The largest absolute Gasteiger partial charge is 0.286 e. The van der Waals surface area contributed by atoms with E-state index in [1.807, 2.05) is 0 Å². The summed E-state index contributed by atoms with van der Waals surface area (Å²) in [4.78, 5) is 0. The van der Waals surface area contributed by atoms with Crippen molar-refractivity contribution in [2.75, 3.05) is 12.5 Å². The summed E-state index contributed by atoms with van der Waals surface area (Å²) >= 11 is 0. The highest BCUT2D eigenvalue weighted by Gasteiger charge is 1.81. The molecule has 0 fully saturated rings. The van der Waals surface area contributed by atoms with E-state index in [9.17, 15) is 16.8 Å². The van der Waals surface area contributed by atoms with E-state index in [2.05, 4.69) is 0 Å². The second kappa shape index (κ2) is 3.86. The number of hydrogen-bond donors (Lipinski definition) is 2. The fourth-order valence-electron chi connectivity index (χ4n) is 0. The first kappa shape index (κ1) is 12.5. The second-order valence-electron chi connectivity index (χ2n) is 1.47. The zero-order valence-corrected chi connectivity index (χ0v) is 6.98. The molecule has 0 rings (SSSR count). The first-order chi connectivity index (χ1) is 4.00. The van der Waals surface area contributed by atoms with Crippen LogP contribution < -0.4 is 0 Å². The van der Waals surface area contributed by atoms with Gasteiger partial charge in [-0.15, -0.1) is 0 Å². The standard InChI is InChI=1S/2CH4O3S/c2*1-5(2,3)4/h2*1H3,(H,2,3,4). The van der Waals surface area contributed by atoms with Crippen LogP contribution >= 0.6 is 0 Å². The molecule has 0 aliphatic heterocycles. The second-order valence-corrected chi connectivity index (χ2v) is 4.40. The van der Waals surface area contributed by atoms with Crippen molar-refractivity contribution in [3.8, 4) is 0 Å². The van der Waals surface area contributed by atoms with Gasteiger partial charge in [-0.25, -0.2) is 0 Å². The van der Waals surface area contributed by atoms with Gasteiger partial charge in [-0.1, -0.05) is 0 Å². The number of hydrogen-bond acceptors (Lipinski definition) is 4. The van der Waals surface area contributed by atoms with Gasteiger partial charge in [0.05, 0.1) is 12.5 Å². The molecule has 0 aromatic heterocycles. The Kier molecular flexibility index (Phi) is 4.82. The van der Waals surface area contributed by atoms with Crippen LogP contribution in [0.25, 0.3) is 0 Å². The van der Waals surface area contributed by atoms with Crippen LogP contribution in [-0.4, -0.2) is 38.5 Å². The molecule has 0 saturated carbocycles. The Hall–Kier alpha value is -0.180. The fraction of sp³-hybridized carbons (Fsp3) is 1.00. The molecule has 0 aromatic rings. The molecule has 0 bridgehead atoms. The highest BCUT2D eigenvalue weighted by Crippen LogP contribution is 1.60. The van der Waals surface area contributed by atoms with Gasteiger partial charge < -0.3 is 0 Å². The summed E-state index contributed by atoms with van der Waals surface area (Å²) in [5.41, 5.74) is 0. The van der Waals surface area contributed by atoms with Gasteiger partial charge in [-0.3, -0.25) is 9.11 Å². The molecule has 0 atom stereocenters. The van der Waals surface area contributed by atoms with E-state index in [0.717, 1.165) is 0 Å². The molecule has 0 amide bonds. The molecule has 10 heavy (non-hydrogen) atoms. The van der Waals surface area contributed by atoms with Crippen LogP contribution in [-0.2, 0) is 20.2 Å². The molecule has 0 unspecified atom stereocenters. The van der Waals surface area contributed by atoms with E-state index in [0.29, 0.717) is 12.5 Å². The maximum atomic E-state index is 9.19. The molecular weight excluding hydrogens is 184 g/mol. The highest BCUT2D eigenvalue weighted by molar-refractivity contribution is 7.85. The Morgan fingerprint density at radius 2 is 0.800 bits per heavy atom. The lowest BCUT2D eigenvalue weighted by Crippen LogP contribution is -1.88. The third kappa shape index (κ3) is 11200. The van der Waals surface area contributed by atoms with E-state index < -0.39 is 20.2 Å². The highest BCUT2D eigenvalue weighted by atomic mass is 32.2. The Bertz CT molecular complexity index is 210. The van der Waals surface area contributed by atoms with Gasteiger partial charge in [0, 0.05) is 0 Å². The average Bonchev–Trinajstić information content (AvgIpc) is 1.12. The predicted molar refractivity (Wildman–Crippen MR) is 34.9 cm³/mol. The van der Waals surface area contributed by atoms with Crippen LogP contribution in [0.5, 0.6) is 0 Å². The Morgan fingerprint density at radius 3 is 0.800 bits per heavy atom. The van der Waals surface area contributed by atoms with Gasteiger partial charge in [0.2, 0.25) is 0 Å². The molecule has 0 aliphatic carbocycles. The average molecular weight is 192 g/mol. The minimum Gasteiger partial charge on any atom is -0.286 e. The van der Waals surface area contributed by atoms with Gasteiger partial charge >= 0.3 is 0 Å². The normalized spacial score (nSPS) is 11.6. The Balaban J connectivity index is 0. The van der Waals surface area contributed by atoms with Crippen molar-refractivity contribution in [2.24, 2.45) is 0 Å². The van der Waals surface area contributed by atoms with Crippen molar-refractivity contribution in [3.63, 3.8) is 0 Å². The molecule has 6 nitrogen and oxygen atoms in total. The summed E-state index contributed by atoms with van der Waals surface area (Å²) in [7, 11) is -7.33. The first-order valence-electron chi connectivity index (χ1n) is 1.85. The zero-order valence-electron chi connectivity index (χ0n) is 5.34. The van der Waals surface area contributed by atoms with Gasteiger partial charge in [-0.2, -0.15) is 16.8 Å². The third-order valence-corrected chi connectivity index (χ3v) is 0. The van der Waals surface area contributed by atoms with E-state index in [-0.39, 0.29) is 0 Å². The van der Waals surface area contributed by atoms with Crippen molar-refractivity contribution < 1.29 is 25.9 Å². The van der Waals surface area contributed by atoms with Gasteiger partial charge in [-0.05, 0) is 0 Å². The van der Waals surface area contributed by atoms with Crippen molar-refractivity contribution in [3.05, 3.63) is 0 Å². The van der Waals surface area contributed by atoms with E-state index in [1.54, 1.807) is 0 Å². The lowest BCUT2D eigenvalue weighted by molar-refractivity contribution is 0.488. The first-order valence-corrected chi connectivity index (χ1v) is 5.54. The molecular formula is C2H8O6S2. The summed E-state index contributed by atoms with van der Waals surface area (Å²) < 4.78 is 51.7. The summed E-state index contributed by atoms with van der Waals surface area (Å²) in [6.45, 7) is 0.